The Bertz CT molecular complexity index is 1660. The van der Waals surface area contributed by atoms with Crippen molar-refractivity contribution in [3.8, 4) is 0 Å². The fourth-order valence-electron chi connectivity index (χ4n) is 6.36. The molecule has 6 rings (SSSR count). The maximum atomic E-state index is 13.8. The summed E-state index contributed by atoms with van der Waals surface area (Å²) >= 11 is 0. The van der Waals surface area contributed by atoms with Crippen LogP contribution < -0.4 is 14.0 Å². The number of aliphatic carboxylic acids is 1. The van der Waals surface area contributed by atoms with Crippen LogP contribution in [0.15, 0.2) is 65.2 Å². The number of β-lactam (4-membered cyclic amide) rings is 1. The van der Waals surface area contributed by atoms with Gasteiger partial charge in [0.1, 0.15) is 12.4 Å². The number of carboxylic acids is 1. The van der Waals surface area contributed by atoms with E-state index in [1.807, 2.05) is 42.5 Å². The first-order chi connectivity index (χ1) is 18.0. The number of hydrogen-bond donors (Lipinski definition) is 1. The van der Waals surface area contributed by atoms with Gasteiger partial charge in [0.15, 0.2) is 0 Å². The summed E-state index contributed by atoms with van der Waals surface area (Å²) in [6, 6.07) is 8.36. The number of carboxylic acid groups (broad SMARTS) is 1. The molecule has 4 atom stereocenters. The van der Waals surface area contributed by atoms with Crippen LogP contribution in [0.3, 0.4) is 0 Å². The Kier molecular flexibility index (Phi) is 5.45. The molecule has 1 aromatic heterocycles. The monoisotopic (exact) mass is 536 g/mol. The second kappa shape index (κ2) is 8.40. The molecule has 38 heavy (non-hydrogen) atoms. The summed E-state index contributed by atoms with van der Waals surface area (Å²) in [7, 11) is -2.02. The minimum atomic E-state index is -3.97. The van der Waals surface area contributed by atoms with Gasteiger partial charge in [-0.3, -0.25) is 9.10 Å². The van der Waals surface area contributed by atoms with Crippen molar-refractivity contribution in [2.24, 2.45) is 18.9 Å². The van der Waals surface area contributed by atoms with Gasteiger partial charge in [-0.1, -0.05) is 25.1 Å². The lowest BCUT2D eigenvalue weighted by Crippen LogP contribution is -2.64. The molecule has 0 radical (unpaired) electrons. The molecule has 3 aliphatic heterocycles. The minimum Gasteiger partial charge on any atom is -0.543 e. The Morgan fingerprint density at radius 1 is 1.24 bits per heavy atom. The van der Waals surface area contributed by atoms with Crippen LogP contribution in [0.2, 0.25) is 0 Å². The van der Waals surface area contributed by atoms with E-state index >= 15 is 0 Å². The standard InChI is InChI=1S/C27H28N4O6S/c1-15-19(25(27(34)35)31-24(15)22(16(2)32)26(31)33)13-30-20-8-7-17(9-10-29-12-11-28(3)14-29)18-5-4-6-21(23(18)20)38(30,36)37/h4-8,11-12,14-16,22,24,32H,9-10,13H2,1-3H3/t15-,16+,22+,24+/m0/s1. The quantitative estimate of drug-likeness (QED) is 0.337. The second-order valence-corrected chi connectivity index (χ2v) is 12.2. The number of rotatable bonds is 7. The molecule has 3 aromatic rings. The summed E-state index contributed by atoms with van der Waals surface area (Å²) < 4.78 is 32.8. The number of aryl methyl sites for hydroxylation is 3. The molecule has 4 heterocycles. The number of imidazole rings is 1. The van der Waals surface area contributed by atoms with E-state index in [0.29, 0.717) is 23.1 Å². The lowest BCUT2D eigenvalue weighted by molar-refractivity contribution is -0.671. The summed E-state index contributed by atoms with van der Waals surface area (Å²) in [6.45, 7) is 3.77. The van der Waals surface area contributed by atoms with Crippen LogP contribution in [0, 0.1) is 11.8 Å². The fraction of sp³-hybridized carbons (Fsp3) is 0.370. The predicted molar refractivity (Wildman–Crippen MR) is 135 cm³/mol. The molecule has 11 heteroatoms. The van der Waals surface area contributed by atoms with Gasteiger partial charge in [-0.25, -0.2) is 17.6 Å². The van der Waals surface area contributed by atoms with Crippen LogP contribution in [-0.4, -0.2) is 53.6 Å². The number of carbonyl (C=O) groups is 2. The molecule has 2 aromatic carbocycles. The van der Waals surface area contributed by atoms with Crippen LogP contribution in [-0.2, 0) is 39.6 Å². The van der Waals surface area contributed by atoms with E-state index in [2.05, 4.69) is 4.57 Å². The Morgan fingerprint density at radius 3 is 2.66 bits per heavy atom. The molecule has 3 aliphatic rings. The van der Waals surface area contributed by atoms with Gasteiger partial charge >= 0.3 is 0 Å². The average molecular weight is 537 g/mol. The van der Waals surface area contributed by atoms with Crippen molar-refractivity contribution < 1.29 is 32.8 Å². The number of nitrogens with zero attached hydrogens (tertiary/aromatic N) is 4. The zero-order valence-corrected chi connectivity index (χ0v) is 22.1. The molecule has 1 fully saturated rings. The summed E-state index contributed by atoms with van der Waals surface area (Å²) in [4.78, 5) is 26.2. The third-order valence-electron chi connectivity index (χ3n) is 8.19. The Morgan fingerprint density at radius 2 is 2.00 bits per heavy atom. The van der Waals surface area contributed by atoms with E-state index in [4.69, 9.17) is 0 Å². The van der Waals surface area contributed by atoms with Gasteiger partial charge in [-0.05, 0) is 35.6 Å². The van der Waals surface area contributed by atoms with Crippen LogP contribution >= 0.6 is 0 Å². The highest BCUT2D eigenvalue weighted by atomic mass is 32.2. The SMILES string of the molecule is C[C@@H](O)[C@H]1C(=O)N2C(C(=O)[O-])=C(CN3c4ccc(CCn5cc[n+](C)c5)c5cccc(c45)S3(=O)=O)[C@H](C)[C@H]12. The maximum Gasteiger partial charge on any atom is 0.265 e. The molecule has 1 amide bonds. The zero-order valence-electron chi connectivity index (χ0n) is 21.2. The molecule has 1 N–H and O–H groups in total. The lowest BCUT2D eigenvalue weighted by atomic mass is 9.78. The number of aromatic nitrogens is 2. The molecule has 198 valence electrons. The second-order valence-electron chi connectivity index (χ2n) is 10.4. The molecule has 0 unspecified atom stereocenters. The van der Waals surface area contributed by atoms with Crippen LogP contribution in [0.5, 0.6) is 0 Å². The van der Waals surface area contributed by atoms with E-state index in [1.54, 1.807) is 25.1 Å². The first-order valence-electron chi connectivity index (χ1n) is 12.6. The number of aliphatic hydroxyl groups excluding tert-OH is 1. The van der Waals surface area contributed by atoms with Crippen molar-refractivity contribution in [1.29, 1.82) is 0 Å². The highest BCUT2D eigenvalue weighted by Crippen LogP contribution is 2.49. The number of carbonyl (C=O) groups excluding carboxylic acids is 2. The molecular formula is C27H28N4O6S. The summed E-state index contributed by atoms with van der Waals surface area (Å²) in [5, 5.41) is 23.7. The van der Waals surface area contributed by atoms with Crippen molar-refractivity contribution in [2.75, 3.05) is 10.8 Å². The van der Waals surface area contributed by atoms with E-state index in [9.17, 15) is 28.2 Å². The predicted octanol–water partition coefficient (Wildman–Crippen LogP) is 0.0787. The molecule has 1 saturated heterocycles. The summed E-state index contributed by atoms with van der Waals surface area (Å²) in [6.07, 6.45) is 5.67. The van der Waals surface area contributed by atoms with E-state index in [1.165, 1.54) is 11.2 Å². The topological polar surface area (TPSA) is 127 Å². The number of amides is 1. The molecule has 0 aliphatic carbocycles. The molecule has 0 saturated carbocycles. The third kappa shape index (κ3) is 3.34. The minimum absolute atomic E-state index is 0.182. The van der Waals surface area contributed by atoms with Gasteiger partial charge in [0.2, 0.25) is 12.2 Å². The smallest absolute Gasteiger partial charge is 0.265 e. The summed E-state index contributed by atoms with van der Waals surface area (Å²) in [5.74, 6) is -3.21. The Hall–Kier alpha value is -3.70. The lowest BCUT2D eigenvalue weighted by Gasteiger charge is -2.47. The zero-order chi connectivity index (χ0) is 27.1. The van der Waals surface area contributed by atoms with Gasteiger partial charge in [0.05, 0.1) is 60.5 Å². The van der Waals surface area contributed by atoms with Gasteiger partial charge in [0, 0.05) is 17.7 Å². The highest BCUT2D eigenvalue weighted by molar-refractivity contribution is 7.93. The normalized spacial score (nSPS) is 24.2. The maximum absolute atomic E-state index is 13.8. The number of hydrogen-bond acceptors (Lipinski definition) is 6. The number of aliphatic hydroxyl groups is 1. The number of fused-ring (bicyclic) bond motifs is 1. The van der Waals surface area contributed by atoms with Crippen molar-refractivity contribution >= 4 is 38.4 Å². The first-order valence-corrected chi connectivity index (χ1v) is 14.0. The largest absolute Gasteiger partial charge is 0.543 e. The van der Waals surface area contributed by atoms with Crippen molar-refractivity contribution in [1.82, 2.24) is 9.47 Å². The van der Waals surface area contributed by atoms with Crippen molar-refractivity contribution in [3.63, 3.8) is 0 Å². The Balaban J connectivity index is 1.39. The van der Waals surface area contributed by atoms with E-state index < -0.39 is 45.9 Å². The molecule has 10 nitrogen and oxygen atoms in total. The van der Waals surface area contributed by atoms with E-state index in [-0.39, 0.29) is 17.1 Å². The van der Waals surface area contributed by atoms with Crippen LogP contribution in [0.4, 0.5) is 5.69 Å². The van der Waals surface area contributed by atoms with Crippen molar-refractivity contribution in [2.45, 2.75) is 43.9 Å². The Labute approximate surface area is 220 Å². The molecule has 0 bridgehead atoms. The first kappa shape index (κ1) is 24.6. The molecule has 0 spiro atoms. The van der Waals surface area contributed by atoms with Gasteiger partial charge in [-0.2, -0.15) is 0 Å². The van der Waals surface area contributed by atoms with Crippen LogP contribution in [0.1, 0.15) is 19.4 Å². The summed E-state index contributed by atoms with van der Waals surface area (Å²) in [5.41, 5.74) is 1.51. The third-order valence-corrected chi connectivity index (χ3v) is 10.00. The number of benzene rings is 2. The van der Waals surface area contributed by atoms with Crippen LogP contribution in [0.25, 0.3) is 10.8 Å². The fourth-order valence-corrected chi connectivity index (χ4v) is 8.04. The van der Waals surface area contributed by atoms with Gasteiger partial charge in [-0.15, -0.1) is 0 Å². The number of sulfonamides is 1. The van der Waals surface area contributed by atoms with Gasteiger partial charge in [0.25, 0.3) is 10.0 Å². The molecular weight excluding hydrogens is 508 g/mol. The highest BCUT2D eigenvalue weighted by Gasteiger charge is 2.59. The number of anilines is 1. The van der Waals surface area contributed by atoms with Crippen molar-refractivity contribution in [3.05, 3.63) is 65.9 Å². The average Bonchev–Trinajstić information content (AvgIpc) is 3.45. The van der Waals surface area contributed by atoms with E-state index in [0.717, 1.165) is 22.4 Å². The van der Waals surface area contributed by atoms with Gasteiger partial charge < -0.3 is 19.9 Å².